The van der Waals surface area contributed by atoms with E-state index in [0.29, 0.717) is 12.8 Å². The highest BCUT2D eigenvalue weighted by atomic mass is 32.2. The highest BCUT2D eigenvalue weighted by molar-refractivity contribution is 7.92. The van der Waals surface area contributed by atoms with Crippen LogP contribution in [0.4, 0.5) is 0 Å². The van der Waals surface area contributed by atoms with Crippen LogP contribution in [-0.4, -0.2) is 61.6 Å². The molecule has 0 spiro atoms. The van der Waals surface area contributed by atoms with Gasteiger partial charge >= 0.3 is 5.97 Å². The third-order valence-electron chi connectivity index (χ3n) is 4.21. The second-order valence-electron chi connectivity index (χ2n) is 5.80. The molecule has 2 fully saturated rings. The third-order valence-corrected chi connectivity index (χ3v) is 8.35. The van der Waals surface area contributed by atoms with Gasteiger partial charge < -0.3 is 5.11 Å². The van der Waals surface area contributed by atoms with Gasteiger partial charge in [-0.2, -0.15) is 4.31 Å². The summed E-state index contributed by atoms with van der Waals surface area (Å²) in [5, 5.41) is 8.41. The number of sulfonamides is 1. The lowest BCUT2D eigenvalue weighted by atomic mass is 10.0. The van der Waals surface area contributed by atoms with Gasteiger partial charge in [0.25, 0.3) is 0 Å². The molecule has 0 amide bonds. The Balaban J connectivity index is 2.24. The standard InChI is InChI=1S/C12H21NO6S2/c14-12(15)8-13(10-6-7-20(16,17)9-10)21(18,19)11-4-2-1-3-5-11/h10-11H,1-9H2,(H,14,15). The molecule has 0 bridgehead atoms. The molecule has 0 aromatic heterocycles. The van der Waals surface area contributed by atoms with Gasteiger partial charge in [-0.25, -0.2) is 16.8 Å². The van der Waals surface area contributed by atoms with Crippen LogP contribution in [0.3, 0.4) is 0 Å². The molecule has 0 aromatic carbocycles. The summed E-state index contributed by atoms with van der Waals surface area (Å²) in [6.45, 7) is -0.654. The normalized spacial score (nSPS) is 27.0. The lowest BCUT2D eigenvalue weighted by Crippen LogP contribution is -2.48. The Morgan fingerprint density at radius 3 is 2.24 bits per heavy atom. The van der Waals surface area contributed by atoms with Crippen LogP contribution in [0, 0.1) is 0 Å². The van der Waals surface area contributed by atoms with Crippen molar-refractivity contribution in [3.63, 3.8) is 0 Å². The molecule has 7 nitrogen and oxygen atoms in total. The van der Waals surface area contributed by atoms with Gasteiger partial charge in [0.05, 0.1) is 16.8 Å². The van der Waals surface area contributed by atoms with Crippen LogP contribution in [0.5, 0.6) is 0 Å². The van der Waals surface area contributed by atoms with Gasteiger partial charge in [-0.15, -0.1) is 0 Å². The quantitative estimate of drug-likeness (QED) is 0.767. The summed E-state index contributed by atoms with van der Waals surface area (Å²) in [6.07, 6.45) is 3.85. The number of hydrogen-bond acceptors (Lipinski definition) is 5. The van der Waals surface area contributed by atoms with E-state index >= 15 is 0 Å². The highest BCUT2D eigenvalue weighted by Gasteiger charge is 2.42. The van der Waals surface area contributed by atoms with Gasteiger partial charge in [-0.1, -0.05) is 19.3 Å². The zero-order valence-electron chi connectivity index (χ0n) is 11.8. The molecule has 1 atom stereocenters. The summed E-state index contributed by atoms with van der Waals surface area (Å²) in [6, 6.07) is -0.738. The van der Waals surface area contributed by atoms with Crippen LogP contribution in [0.2, 0.25) is 0 Å². The average Bonchev–Trinajstić information content (AvgIpc) is 2.76. The van der Waals surface area contributed by atoms with E-state index in [1.165, 1.54) is 0 Å². The second-order valence-corrected chi connectivity index (χ2v) is 10.2. The zero-order chi connectivity index (χ0) is 15.7. The summed E-state index contributed by atoms with van der Waals surface area (Å²) in [4.78, 5) is 11.0. The molecule has 1 unspecified atom stereocenters. The number of rotatable bonds is 5. The van der Waals surface area contributed by atoms with Crippen molar-refractivity contribution in [3.8, 4) is 0 Å². The number of nitrogens with zero attached hydrogens (tertiary/aromatic N) is 1. The van der Waals surface area contributed by atoms with E-state index in [0.717, 1.165) is 23.6 Å². The molecule has 2 rings (SSSR count). The Bertz CT molecular complexity index is 591. The predicted molar refractivity (Wildman–Crippen MR) is 77.2 cm³/mol. The van der Waals surface area contributed by atoms with Crippen molar-refractivity contribution >= 4 is 25.8 Å². The van der Waals surface area contributed by atoms with E-state index in [1.54, 1.807) is 0 Å². The monoisotopic (exact) mass is 339 g/mol. The summed E-state index contributed by atoms with van der Waals surface area (Å²) in [5.41, 5.74) is 0. The van der Waals surface area contributed by atoms with Crippen molar-refractivity contribution in [1.29, 1.82) is 0 Å². The van der Waals surface area contributed by atoms with Gasteiger partial charge in [0.2, 0.25) is 10.0 Å². The topological polar surface area (TPSA) is 109 Å². The van der Waals surface area contributed by atoms with E-state index in [2.05, 4.69) is 0 Å². The summed E-state index contributed by atoms with van der Waals surface area (Å²) < 4.78 is 49.4. The van der Waals surface area contributed by atoms with Crippen molar-refractivity contribution in [2.75, 3.05) is 18.1 Å². The van der Waals surface area contributed by atoms with Gasteiger partial charge in [0, 0.05) is 6.04 Å². The van der Waals surface area contributed by atoms with Gasteiger partial charge in [0.15, 0.2) is 9.84 Å². The first-order chi connectivity index (χ1) is 9.72. The molecule has 1 heterocycles. The van der Waals surface area contributed by atoms with Crippen LogP contribution in [0.25, 0.3) is 0 Å². The summed E-state index contributed by atoms with van der Waals surface area (Å²) >= 11 is 0. The number of hydrogen-bond donors (Lipinski definition) is 1. The third kappa shape index (κ3) is 3.95. The van der Waals surface area contributed by atoms with Crippen molar-refractivity contribution < 1.29 is 26.7 Å². The molecule has 1 N–H and O–H groups in total. The molecular weight excluding hydrogens is 318 g/mol. The predicted octanol–water partition coefficient (Wildman–Crippen LogP) is 0.223. The van der Waals surface area contributed by atoms with Crippen molar-refractivity contribution in [3.05, 3.63) is 0 Å². The number of carboxylic acids is 1. The second kappa shape index (κ2) is 6.21. The SMILES string of the molecule is O=C(O)CN(C1CCS(=O)(=O)C1)S(=O)(=O)C1CCCCC1. The molecule has 0 aromatic rings. The van der Waals surface area contributed by atoms with E-state index in [9.17, 15) is 21.6 Å². The maximum absolute atomic E-state index is 12.7. The zero-order valence-corrected chi connectivity index (χ0v) is 13.4. The van der Waals surface area contributed by atoms with Gasteiger partial charge in [0.1, 0.15) is 6.54 Å². The first-order valence-corrected chi connectivity index (χ1v) is 10.5. The Hall–Kier alpha value is -0.670. The Morgan fingerprint density at radius 2 is 1.76 bits per heavy atom. The minimum Gasteiger partial charge on any atom is -0.480 e. The van der Waals surface area contributed by atoms with Gasteiger partial charge in [-0.3, -0.25) is 4.79 Å². The molecule has 2 aliphatic rings. The smallest absolute Gasteiger partial charge is 0.318 e. The van der Waals surface area contributed by atoms with E-state index in [-0.39, 0.29) is 17.9 Å². The Labute approximate surface area is 125 Å². The number of carbonyl (C=O) groups is 1. The fourth-order valence-electron chi connectivity index (χ4n) is 3.12. The lowest BCUT2D eigenvalue weighted by Gasteiger charge is -2.31. The largest absolute Gasteiger partial charge is 0.480 e. The fraction of sp³-hybridized carbons (Fsp3) is 0.917. The summed E-state index contributed by atoms with van der Waals surface area (Å²) in [5.74, 6) is -1.60. The van der Waals surface area contributed by atoms with Crippen LogP contribution in [0.15, 0.2) is 0 Å². The van der Waals surface area contributed by atoms with Crippen LogP contribution in [-0.2, 0) is 24.7 Å². The molecule has 9 heteroatoms. The number of aliphatic carboxylic acids is 1. The van der Waals surface area contributed by atoms with Crippen LogP contribution in [0.1, 0.15) is 38.5 Å². The van der Waals surface area contributed by atoms with Crippen molar-refractivity contribution in [2.45, 2.75) is 49.8 Å². The van der Waals surface area contributed by atoms with E-state index < -0.39 is 43.7 Å². The molecule has 1 aliphatic heterocycles. The maximum Gasteiger partial charge on any atom is 0.318 e. The van der Waals surface area contributed by atoms with Gasteiger partial charge in [-0.05, 0) is 19.3 Å². The lowest BCUT2D eigenvalue weighted by molar-refractivity contribution is -0.137. The maximum atomic E-state index is 12.7. The molecular formula is C12H21NO6S2. The molecule has 1 aliphatic carbocycles. The fourth-order valence-corrected chi connectivity index (χ4v) is 7.14. The number of carboxylic acid groups (broad SMARTS) is 1. The molecule has 0 radical (unpaired) electrons. The first-order valence-electron chi connectivity index (χ1n) is 7.15. The van der Waals surface area contributed by atoms with Crippen LogP contribution < -0.4 is 0 Å². The van der Waals surface area contributed by atoms with E-state index in [1.807, 2.05) is 0 Å². The van der Waals surface area contributed by atoms with Crippen LogP contribution >= 0.6 is 0 Å². The molecule has 21 heavy (non-hydrogen) atoms. The Kier molecular flexibility index (Phi) is 4.94. The average molecular weight is 339 g/mol. The minimum atomic E-state index is -3.76. The van der Waals surface area contributed by atoms with E-state index in [4.69, 9.17) is 5.11 Å². The van der Waals surface area contributed by atoms with Crippen molar-refractivity contribution in [2.24, 2.45) is 0 Å². The summed E-state index contributed by atoms with van der Waals surface area (Å²) in [7, 11) is -7.03. The molecule has 1 saturated heterocycles. The molecule has 122 valence electrons. The minimum absolute atomic E-state index is 0.0754. The Morgan fingerprint density at radius 1 is 1.14 bits per heavy atom. The molecule has 1 saturated carbocycles. The number of sulfone groups is 1. The highest BCUT2D eigenvalue weighted by Crippen LogP contribution is 2.29. The first kappa shape index (κ1) is 16.7. The van der Waals surface area contributed by atoms with Crippen molar-refractivity contribution in [1.82, 2.24) is 4.31 Å².